The van der Waals surface area contributed by atoms with Crippen LogP contribution in [0.1, 0.15) is 15.2 Å². The van der Waals surface area contributed by atoms with Gasteiger partial charge < -0.3 is 10.8 Å². The molecule has 1 aromatic heterocycles. The van der Waals surface area contributed by atoms with Crippen molar-refractivity contribution in [2.75, 3.05) is 0 Å². The minimum atomic E-state index is -0.875. The molecule has 1 heterocycles. The molecule has 2 aromatic rings. The smallest absolute Gasteiger partial charge is 0.345 e. The predicted octanol–water partition coefficient (Wildman–Crippen LogP) is 2.06. The van der Waals surface area contributed by atoms with Crippen LogP contribution in [0, 0.1) is 0 Å². The maximum absolute atomic E-state index is 10.7. The molecule has 1 aromatic carbocycles. The van der Waals surface area contributed by atoms with Crippen molar-refractivity contribution in [3.63, 3.8) is 0 Å². The SMILES string of the molecule is NCc1ccc2cc(C(=O)O)sc2c1. The Morgan fingerprint density at radius 2 is 2.21 bits per heavy atom. The van der Waals surface area contributed by atoms with Crippen LogP contribution in [0.4, 0.5) is 0 Å². The molecule has 0 amide bonds. The van der Waals surface area contributed by atoms with Gasteiger partial charge in [-0.3, -0.25) is 0 Å². The average Bonchev–Trinajstić information content (AvgIpc) is 2.59. The van der Waals surface area contributed by atoms with Gasteiger partial charge >= 0.3 is 5.97 Å². The molecule has 0 unspecified atom stereocenters. The van der Waals surface area contributed by atoms with Crippen LogP contribution in [0.25, 0.3) is 10.1 Å². The van der Waals surface area contributed by atoms with E-state index in [1.54, 1.807) is 6.07 Å². The van der Waals surface area contributed by atoms with Crippen molar-refractivity contribution < 1.29 is 9.90 Å². The lowest BCUT2D eigenvalue weighted by Crippen LogP contribution is -1.94. The number of thiophene rings is 1. The van der Waals surface area contributed by atoms with Gasteiger partial charge in [-0.1, -0.05) is 12.1 Å². The summed E-state index contributed by atoms with van der Waals surface area (Å²) in [5, 5.41) is 9.76. The summed E-state index contributed by atoms with van der Waals surface area (Å²) in [5.74, 6) is -0.875. The van der Waals surface area contributed by atoms with Gasteiger partial charge in [0.2, 0.25) is 0 Å². The van der Waals surface area contributed by atoms with Gasteiger partial charge in [-0.25, -0.2) is 4.79 Å². The third-order valence-corrected chi connectivity index (χ3v) is 3.12. The molecule has 0 aliphatic carbocycles. The highest BCUT2D eigenvalue weighted by atomic mass is 32.1. The monoisotopic (exact) mass is 207 g/mol. The third kappa shape index (κ3) is 1.49. The highest BCUT2D eigenvalue weighted by Crippen LogP contribution is 2.26. The zero-order chi connectivity index (χ0) is 10.1. The van der Waals surface area contributed by atoms with Gasteiger partial charge in [-0.2, -0.15) is 0 Å². The lowest BCUT2D eigenvalue weighted by Gasteiger charge is -1.94. The number of carboxylic acids is 1. The Morgan fingerprint density at radius 1 is 1.43 bits per heavy atom. The number of nitrogens with two attached hydrogens (primary N) is 1. The Labute approximate surface area is 84.8 Å². The molecular weight excluding hydrogens is 198 g/mol. The number of benzene rings is 1. The van der Waals surface area contributed by atoms with E-state index in [2.05, 4.69) is 0 Å². The van der Waals surface area contributed by atoms with Crippen molar-refractivity contribution in [2.24, 2.45) is 5.73 Å². The molecule has 14 heavy (non-hydrogen) atoms. The standard InChI is InChI=1S/C10H9NO2S/c11-5-6-1-2-7-4-9(10(12)13)14-8(7)3-6/h1-4H,5,11H2,(H,12,13). The quantitative estimate of drug-likeness (QED) is 0.792. The summed E-state index contributed by atoms with van der Waals surface area (Å²) in [5.41, 5.74) is 6.52. The van der Waals surface area contributed by atoms with Crippen LogP contribution in [0.2, 0.25) is 0 Å². The van der Waals surface area contributed by atoms with Gasteiger partial charge in [0.05, 0.1) is 0 Å². The van der Waals surface area contributed by atoms with Crippen molar-refractivity contribution in [3.8, 4) is 0 Å². The number of carbonyl (C=O) groups is 1. The first-order valence-corrected chi connectivity index (χ1v) is 4.98. The highest BCUT2D eigenvalue weighted by molar-refractivity contribution is 7.20. The summed E-state index contributed by atoms with van der Waals surface area (Å²) in [6, 6.07) is 7.44. The first-order valence-electron chi connectivity index (χ1n) is 4.16. The van der Waals surface area contributed by atoms with Gasteiger partial charge in [0.1, 0.15) is 4.88 Å². The summed E-state index contributed by atoms with van der Waals surface area (Å²) < 4.78 is 0.977. The van der Waals surface area contributed by atoms with Crippen LogP contribution >= 0.6 is 11.3 Å². The zero-order valence-electron chi connectivity index (χ0n) is 7.36. The molecule has 0 fully saturated rings. The maximum Gasteiger partial charge on any atom is 0.345 e. The fourth-order valence-corrected chi connectivity index (χ4v) is 2.27. The first kappa shape index (κ1) is 9.18. The normalized spacial score (nSPS) is 10.6. The Kier molecular flexibility index (Phi) is 2.23. The summed E-state index contributed by atoms with van der Waals surface area (Å²) in [4.78, 5) is 11.1. The van der Waals surface area contributed by atoms with Crippen LogP contribution < -0.4 is 5.73 Å². The van der Waals surface area contributed by atoms with Gasteiger partial charge in [-0.15, -0.1) is 11.3 Å². The van der Waals surface area contributed by atoms with Crippen LogP contribution in [0.3, 0.4) is 0 Å². The number of hydrogen-bond acceptors (Lipinski definition) is 3. The molecule has 0 radical (unpaired) electrons. The van der Waals surface area contributed by atoms with E-state index >= 15 is 0 Å². The Bertz CT molecular complexity index is 490. The zero-order valence-corrected chi connectivity index (χ0v) is 8.17. The number of hydrogen-bond donors (Lipinski definition) is 2. The minimum Gasteiger partial charge on any atom is -0.477 e. The molecule has 0 saturated carbocycles. The van der Waals surface area contributed by atoms with Gasteiger partial charge in [0, 0.05) is 11.2 Å². The molecule has 4 heteroatoms. The summed E-state index contributed by atoms with van der Waals surface area (Å²) in [6.45, 7) is 0.482. The van der Waals surface area contributed by atoms with E-state index in [9.17, 15) is 4.79 Å². The molecule has 2 rings (SSSR count). The molecule has 0 spiro atoms. The first-order chi connectivity index (χ1) is 6.70. The van der Waals surface area contributed by atoms with E-state index in [4.69, 9.17) is 10.8 Å². The average molecular weight is 207 g/mol. The molecule has 72 valence electrons. The van der Waals surface area contributed by atoms with E-state index in [-0.39, 0.29) is 0 Å². The molecular formula is C10H9NO2S. The number of rotatable bonds is 2. The topological polar surface area (TPSA) is 63.3 Å². The van der Waals surface area contributed by atoms with Crippen molar-refractivity contribution in [1.82, 2.24) is 0 Å². The molecule has 0 bridgehead atoms. The Hall–Kier alpha value is -1.39. The van der Waals surface area contributed by atoms with E-state index in [1.165, 1.54) is 11.3 Å². The van der Waals surface area contributed by atoms with Crippen molar-refractivity contribution >= 4 is 27.4 Å². The summed E-state index contributed by atoms with van der Waals surface area (Å²) in [7, 11) is 0. The van der Waals surface area contributed by atoms with Gasteiger partial charge in [0.25, 0.3) is 0 Å². The number of fused-ring (bicyclic) bond motifs is 1. The Morgan fingerprint density at radius 3 is 2.86 bits per heavy atom. The van der Waals surface area contributed by atoms with Crippen LogP contribution in [0.5, 0.6) is 0 Å². The maximum atomic E-state index is 10.7. The molecule has 0 aliphatic heterocycles. The number of carboxylic acid groups (broad SMARTS) is 1. The molecule has 0 atom stereocenters. The van der Waals surface area contributed by atoms with E-state index in [0.717, 1.165) is 15.6 Å². The minimum absolute atomic E-state index is 0.370. The van der Waals surface area contributed by atoms with Crippen molar-refractivity contribution in [3.05, 3.63) is 34.7 Å². The summed E-state index contributed by atoms with van der Waals surface area (Å²) in [6.07, 6.45) is 0. The van der Waals surface area contributed by atoms with Gasteiger partial charge in [-0.05, 0) is 23.1 Å². The van der Waals surface area contributed by atoms with Crippen LogP contribution in [0.15, 0.2) is 24.3 Å². The predicted molar refractivity (Wildman–Crippen MR) is 56.7 cm³/mol. The van der Waals surface area contributed by atoms with Crippen LogP contribution in [-0.2, 0) is 6.54 Å². The fourth-order valence-electron chi connectivity index (χ4n) is 1.31. The second kappa shape index (κ2) is 3.40. The van der Waals surface area contributed by atoms with E-state index < -0.39 is 5.97 Å². The molecule has 3 nitrogen and oxygen atoms in total. The fraction of sp³-hybridized carbons (Fsp3) is 0.100. The molecule has 0 aliphatic rings. The van der Waals surface area contributed by atoms with E-state index in [0.29, 0.717) is 11.4 Å². The van der Waals surface area contributed by atoms with Gasteiger partial charge in [0.15, 0.2) is 0 Å². The molecule has 0 saturated heterocycles. The number of aromatic carboxylic acids is 1. The highest BCUT2D eigenvalue weighted by Gasteiger charge is 2.07. The summed E-state index contributed by atoms with van der Waals surface area (Å²) >= 11 is 1.28. The Balaban J connectivity index is 2.60. The van der Waals surface area contributed by atoms with Crippen molar-refractivity contribution in [1.29, 1.82) is 0 Å². The lowest BCUT2D eigenvalue weighted by atomic mass is 10.2. The lowest BCUT2D eigenvalue weighted by molar-refractivity contribution is 0.0702. The largest absolute Gasteiger partial charge is 0.477 e. The second-order valence-corrected chi connectivity index (χ2v) is 4.08. The third-order valence-electron chi connectivity index (χ3n) is 2.03. The van der Waals surface area contributed by atoms with E-state index in [1.807, 2.05) is 18.2 Å². The van der Waals surface area contributed by atoms with Crippen molar-refractivity contribution in [2.45, 2.75) is 6.54 Å². The second-order valence-electron chi connectivity index (χ2n) is 2.99. The van der Waals surface area contributed by atoms with Crippen LogP contribution in [-0.4, -0.2) is 11.1 Å². The molecule has 3 N–H and O–H groups in total.